The van der Waals surface area contributed by atoms with Gasteiger partial charge in [0.2, 0.25) is 5.82 Å². The van der Waals surface area contributed by atoms with Crippen molar-refractivity contribution in [2.24, 2.45) is 7.05 Å². The third-order valence-corrected chi connectivity index (χ3v) is 2.42. The summed E-state index contributed by atoms with van der Waals surface area (Å²) in [6.07, 6.45) is 6.23. The maximum atomic E-state index is 11.0. The van der Waals surface area contributed by atoms with Gasteiger partial charge in [0.15, 0.2) is 0 Å². The lowest BCUT2D eigenvalue weighted by atomic mass is 10.2. The van der Waals surface area contributed by atoms with Crippen molar-refractivity contribution in [3.05, 3.63) is 15.8 Å². The Morgan fingerprint density at radius 2 is 2.35 bits per heavy atom. The molecule has 0 fully saturated rings. The first kappa shape index (κ1) is 13.0. The van der Waals surface area contributed by atoms with Gasteiger partial charge in [0.05, 0.1) is 4.92 Å². The molecule has 0 radical (unpaired) electrons. The average Bonchev–Trinajstić information content (AvgIpc) is 2.56. The van der Waals surface area contributed by atoms with Crippen molar-refractivity contribution in [1.29, 1.82) is 0 Å². The van der Waals surface area contributed by atoms with Crippen LogP contribution in [-0.2, 0) is 13.5 Å². The summed E-state index contributed by atoms with van der Waals surface area (Å²) in [5, 5.41) is 18.2. The summed E-state index contributed by atoms with van der Waals surface area (Å²) in [6.45, 7) is 3.71. The molecule has 1 N–H and O–H groups in total. The van der Waals surface area contributed by atoms with Gasteiger partial charge in [-0.15, -0.1) is 12.3 Å². The lowest BCUT2D eigenvalue weighted by Crippen LogP contribution is -2.17. The van der Waals surface area contributed by atoms with Crippen LogP contribution in [0.3, 0.4) is 0 Å². The Balaban J connectivity index is 3.10. The van der Waals surface area contributed by atoms with Crippen molar-refractivity contribution >= 4 is 11.5 Å². The first-order valence-corrected chi connectivity index (χ1v) is 5.41. The molecule has 0 spiro atoms. The summed E-state index contributed by atoms with van der Waals surface area (Å²) in [4.78, 5) is 10.6. The van der Waals surface area contributed by atoms with Gasteiger partial charge in [-0.25, -0.2) is 4.68 Å². The van der Waals surface area contributed by atoms with Gasteiger partial charge in [0.25, 0.3) is 0 Å². The van der Waals surface area contributed by atoms with Gasteiger partial charge in [0, 0.05) is 19.5 Å². The lowest BCUT2D eigenvalue weighted by Gasteiger charge is -2.11. The quantitative estimate of drug-likeness (QED) is 0.480. The zero-order valence-electron chi connectivity index (χ0n) is 10.2. The molecular formula is C11H16N4O2. The second-order valence-electron chi connectivity index (χ2n) is 3.83. The molecule has 1 aromatic heterocycles. The average molecular weight is 236 g/mol. The predicted octanol–water partition coefficient (Wildman–Crippen LogP) is 1.71. The molecule has 0 saturated carbocycles. The summed E-state index contributed by atoms with van der Waals surface area (Å²) < 4.78 is 1.49. The minimum Gasteiger partial charge on any atom is -0.361 e. The van der Waals surface area contributed by atoms with E-state index in [0.29, 0.717) is 24.4 Å². The molecule has 0 bridgehead atoms. The fraction of sp³-hybridized carbons (Fsp3) is 0.545. The number of hydrogen-bond acceptors (Lipinski definition) is 4. The Morgan fingerprint density at radius 3 is 2.82 bits per heavy atom. The van der Waals surface area contributed by atoms with Gasteiger partial charge < -0.3 is 5.32 Å². The fourth-order valence-electron chi connectivity index (χ4n) is 1.62. The van der Waals surface area contributed by atoms with Crippen LogP contribution in [0.4, 0.5) is 11.5 Å². The molecule has 0 amide bonds. The molecule has 0 aliphatic carbocycles. The van der Waals surface area contributed by atoms with E-state index in [1.54, 1.807) is 7.05 Å². The van der Waals surface area contributed by atoms with Gasteiger partial charge in [-0.05, 0) is 13.3 Å². The number of nitro groups is 1. The monoisotopic (exact) mass is 236 g/mol. The second kappa shape index (κ2) is 5.34. The molecule has 1 rings (SSSR count). The molecule has 92 valence electrons. The molecule has 0 aliphatic rings. The van der Waals surface area contributed by atoms with Crippen LogP contribution < -0.4 is 5.32 Å². The number of hydrogen-bond donors (Lipinski definition) is 1. The first-order valence-electron chi connectivity index (χ1n) is 5.41. The highest BCUT2D eigenvalue weighted by atomic mass is 16.6. The molecule has 1 aromatic rings. The Bertz CT molecular complexity index is 459. The smallest absolute Gasteiger partial charge is 0.333 e. The van der Waals surface area contributed by atoms with Crippen LogP contribution >= 0.6 is 0 Å². The van der Waals surface area contributed by atoms with Crippen LogP contribution in [0, 0.1) is 22.5 Å². The maximum Gasteiger partial charge on any atom is 0.333 e. The zero-order chi connectivity index (χ0) is 13.0. The topological polar surface area (TPSA) is 73.0 Å². The highest BCUT2D eigenvalue weighted by molar-refractivity contribution is 5.60. The highest BCUT2D eigenvalue weighted by Gasteiger charge is 2.26. The van der Waals surface area contributed by atoms with Gasteiger partial charge in [-0.2, -0.15) is 5.10 Å². The van der Waals surface area contributed by atoms with Crippen LogP contribution in [0.2, 0.25) is 0 Å². The number of nitrogens with zero attached hydrogens (tertiary/aromatic N) is 3. The number of aromatic nitrogens is 2. The van der Waals surface area contributed by atoms with E-state index in [1.807, 2.05) is 13.8 Å². The van der Waals surface area contributed by atoms with E-state index in [0.717, 1.165) is 0 Å². The molecule has 1 heterocycles. The molecule has 1 unspecified atom stereocenters. The molecule has 6 nitrogen and oxygen atoms in total. The largest absolute Gasteiger partial charge is 0.361 e. The Kier molecular flexibility index (Phi) is 4.10. The predicted molar refractivity (Wildman–Crippen MR) is 65.8 cm³/mol. The van der Waals surface area contributed by atoms with Crippen molar-refractivity contribution < 1.29 is 4.92 Å². The van der Waals surface area contributed by atoms with Gasteiger partial charge in [-0.3, -0.25) is 10.1 Å². The third-order valence-electron chi connectivity index (χ3n) is 2.42. The molecule has 1 atom stereocenters. The summed E-state index contributed by atoms with van der Waals surface area (Å²) in [7, 11) is 1.68. The van der Waals surface area contributed by atoms with E-state index in [2.05, 4.69) is 16.3 Å². The van der Waals surface area contributed by atoms with Crippen molar-refractivity contribution in [3.8, 4) is 12.3 Å². The van der Waals surface area contributed by atoms with Crippen LogP contribution in [0.1, 0.15) is 26.0 Å². The molecule has 6 heteroatoms. The van der Waals surface area contributed by atoms with Crippen LogP contribution in [0.25, 0.3) is 0 Å². The highest BCUT2D eigenvalue weighted by Crippen LogP contribution is 2.29. The standard InChI is InChI=1S/C11H16N4O2/c1-5-7-8(3)12-11-10(15(16)17)9(6-2)13-14(11)4/h1,8,12H,6-7H2,2-4H3. The number of nitrogens with one attached hydrogen (secondary N) is 1. The molecule has 0 aromatic carbocycles. The normalized spacial score (nSPS) is 11.9. The minimum atomic E-state index is -0.406. The summed E-state index contributed by atoms with van der Waals surface area (Å²) in [5.74, 6) is 2.93. The van der Waals surface area contributed by atoms with E-state index in [1.165, 1.54) is 4.68 Å². The van der Waals surface area contributed by atoms with E-state index >= 15 is 0 Å². The van der Waals surface area contributed by atoms with Crippen molar-refractivity contribution in [1.82, 2.24) is 9.78 Å². The summed E-state index contributed by atoms with van der Waals surface area (Å²) >= 11 is 0. The van der Waals surface area contributed by atoms with Crippen molar-refractivity contribution in [2.75, 3.05) is 5.32 Å². The van der Waals surface area contributed by atoms with E-state index in [4.69, 9.17) is 6.42 Å². The lowest BCUT2D eigenvalue weighted by molar-refractivity contribution is -0.384. The van der Waals surface area contributed by atoms with Gasteiger partial charge in [0.1, 0.15) is 5.69 Å². The number of terminal acetylenes is 1. The molecule has 0 aliphatic heterocycles. The minimum absolute atomic E-state index is 0.0289. The van der Waals surface area contributed by atoms with Gasteiger partial charge in [-0.1, -0.05) is 6.92 Å². The fourth-order valence-corrected chi connectivity index (χ4v) is 1.62. The zero-order valence-corrected chi connectivity index (χ0v) is 10.2. The molecule has 17 heavy (non-hydrogen) atoms. The van der Waals surface area contributed by atoms with E-state index in [9.17, 15) is 10.1 Å². The molecule has 0 saturated heterocycles. The Labute approximate surface area is 100 Å². The van der Waals surface area contributed by atoms with Crippen LogP contribution in [0.15, 0.2) is 0 Å². The van der Waals surface area contributed by atoms with Crippen molar-refractivity contribution in [2.45, 2.75) is 32.7 Å². The number of rotatable bonds is 5. The molecular weight excluding hydrogens is 220 g/mol. The summed E-state index contributed by atoms with van der Waals surface area (Å²) in [6, 6.07) is -0.0289. The number of aryl methyl sites for hydroxylation is 2. The number of anilines is 1. The Hall–Kier alpha value is -2.03. The SMILES string of the molecule is C#CCC(C)Nc1c([N+](=O)[O-])c(CC)nn1C. The van der Waals surface area contributed by atoms with Crippen molar-refractivity contribution in [3.63, 3.8) is 0 Å². The van der Waals surface area contributed by atoms with E-state index < -0.39 is 4.92 Å². The second-order valence-corrected chi connectivity index (χ2v) is 3.83. The first-order chi connectivity index (χ1) is 8.01. The van der Waals surface area contributed by atoms with Crippen LogP contribution in [-0.4, -0.2) is 20.7 Å². The van der Waals surface area contributed by atoms with E-state index in [-0.39, 0.29) is 11.7 Å². The third kappa shape index (κ3) is 2.75. The van der Waals surface area contributed by atoms with Crippen LogP contribution in [0.5, 0.6) is 0 Å². The maximum absolute atomic E-state index is 11.0. The Morgan fingerprint density at radius 1 is 1.71 bits per heavy atom. The summed E-state index contributed by atoms with van der Waals surface area (Å²) in [5.41, 5.74) is 0.520. The van der Waals surface area contributed by atoms with Gasteiger partial charge >= 0.3 is 5.69 Å².